The lowest BCUT2D eigenvalue weighted by Crippen LogP contribution is -2.33. The van der Waals surface area contributed by atoms with Crippen molar-refractivity contribution in [2.75, 3.05) is 6.54 Å². The zero-order chi connectivity index (χ0) is 13.9. The highest BCUT2D eigenvalue weighted by Crippen LogP contribution is 2.24. The highest BCUT2D eigenvalue weighted by Gasteiger charge is 2.25. The maximum absolute atomic E-state index is 11.9. The van der Waals surface area contributed by atoms with Gasteiger partial charge in [0.25, 0.3) is 0 Å². The predicted octanol–water partition coefficient (Wildman–Crippen LogP) is 1.15. The summed E-state index contributed by atoms with van der Waals surface area (Å²) in [6, 6.07) is 5.77. The monoisotopic (exact) mass is 273 g/mol. The van der Waals surface area contributed by atoms with Crippen LogP contribution in [-0.4, -0.2) is 33.0 Å². The van der Waals surface area contributed by atoms with Crippen molar-refractivity contribution in [3.8, 4) is 0 Å². The number of amides is 1. The third kappa shape index (κ3) is 2.82. The summed E-state index contributed by atoms with van der Waals surface area (Å²) in [5, 5.41) is 12.6. The number of carbonyl (C=O) groups excluding carboxylic acids is 1. The summed E-state index contributed by atoms with van der Waals surface area (Å²) in [5.41, 5.74) is 1.61. The Labute approximate surface area is 117 Å². The number of fused-ring (bicyclic) bond motifs is 1. The topological polar surface area (TPSA) is 66.6 Å². The molecule has 2 unspecified atom stereocenters. The average molecular weight is 273 g/mol. The van der Waals surface area contributed by atoms with Crippen molar-refractivity contribution in [2.45, 2.75) is 31.8 Å². The normalized spacial score (nSPS) is 22.2. The Morgan fingerprint density at radius 3 is 3.10 bits per heavy atom. The quantitative estimate of drug-likeness (QED) is 0.878. The van der Waals surface area contributed by atoms with E-state index in [9.17, 15) is 9.90 Å². The number of nitrogens with one attached hydrogen (secondary N) is 1. The first-order valence-electron chi connectivity index (χ1n) is 7.10. The van der Waals surface area contributed by atoms with E-state index in [1.54, 1.807) is 0 Å². The molecule has 0 aromatic carbocycles. The summed E-state index contributed by atoms with van der Waals surface area (Å²) >= 11 is 0. The van der Waals surface area contributed by atoms with E-state index < -0.39 is 0 Å². The first-order chi connectivity index (χ1) is 9.72. The Morgan fingerprint density at radius 1 is 1.45 bits per heavy atom. The molecule has 1 aliphatic rings. The number of carbonyl (C=O) groups is 1. The van der Waals surface area contributed by atoms with Crippen molar-refractivity contribution in [3.63, 3.8) is 0 Å². The molecule has 1 fully saturated rings. The first kappa shape index (κ1) is 13.1. The van der Waals surface area contributed by atoms with Gasteiger partial charge in [0.05, 0.1) is 18.2 Å². The maximum atomic E-state index is 11.9. The van der Waals surface area contributed by atoms with Gasteiger partial charge in [-0.15, -0.1) is 0 Å². The molecule has 106 valence electrons. The molecule has 5 heteroatoms. The zero-order valence-corrected chi connectivity index (χ0v) is 11.3. The predicted molar refractivity (Wildman–Crippen MR) is 75.3 cm³/mol. The van der Waals surface area contributed by atoms with Crippen LogP contribution < -0.4 is 5.32 Å². The lowest BCUT2D eigenvalue weighted by molar-refractivity contribution is -0.120. The van der Waals surface area contributed by atoms with Crippen molar-refractivity contribution < 1.29 is 9.90 Å². The summed E-state index contributed by atoms with van der Waals surface area (Å²) in [4.78, 5) is 16.3. The molecule has 20 heavy (non-hydrogen) atoms. The smallest absolute Gasteiger partial charge is 0.226 e. The van der Waals surface area contributed by atoms with Crippen molar-refractivity contribution in [1.29, 1.82) is 0 Å². The molecule has 3 rings (SSSR count). The molecule has 1 amide bonds. The molecule has 1 saturated carbocycles. The Morgan fingerprint density at radius 2 is 2.35 bits per heavy atom. The summed E-state index contributed by atoms with van der Waals surface area (Å²) in [6.45, 7) is 0.563. The van der Waals surface area contributed by atoms with E-state index in [0.29, 0.717) is 6.54 Å². The number of imidazole rings is 1. The van der Waals surface area contributed by atoms with Crippen LogP contribution in [0, 0.1) is 5.92 Å². The molecule has 1 aliphatic carbocycles. The van der Waals surface area contributed by atoms with Crippen LogP contribution in [0.4, 0.5) is 0 Å². The minimum atomic E-state index is -0.259. The van der Waals surface area contributed by atoms with Crippen LogP contribution >= 0.6 is 0 Å². The molecule has 2 aromatic rings. The standard InChI is InChI=1S/C15H19N3O2/c19-13-5-3-4-11(13)9-16-15(20)8-12-10-18-7-2-1-6-14(18)17-12/h1-2,6-7,10-11,13,19H,3-5,8-9H2,(H,16,20). The fourth-order valence-electron chi connectivity index (χ4n) is 2.80. The molecule has 2 heterocycles. The van der Waals surface area contributed by atoms with Gasteiger partial charge < -0.3 is 14.8 Å². The van der Waals surface area contributed by atoms with Gasteiger partial charge in [-0.05, 0) is 25.0 Å². The van der Waals surface area contributed by atoms with Crippen molar-refractivity contribution in [3.05, 3.63) is 36.3 Å². The van der Waals surface area contributed by atoms with Gasteiger partial charge in [-0.3, -0.25) is 4.79 Å². The minimum absolute atomic E-state index is 0.0347. The van der Waals surface area contributed by atoms with Crippen LogP contribution in [0.15, 0.2) is 30.6 Å². The number of pyridine rings is 1. The Kier molecular flexibility index (Phi) is 3.69. The Hall–Kier alpha value is -1.88. The van der Waals surface area contributed by atoms with Crippen LogP contribution in [0.2, 0.25) is 0 Å². The lowest BCUT2D eigenvalue weighted by Gasteiger charge is -2.14. The average Bonchev–Trinajstić information content (AvgIpc) is 3.01. The SMILES string of the molecule is O=C(Cc1cn2ccccc2n1)NCC1CCCC1O. The number of nitrogens with zero attached hydrogens (tertiary/aromatic N) is 2. The molecule has 2 N–H and O–H groups in total. The van der Waals surface area contributed by atoms with E-state index in [1.165, 1.54) is 0 Å². The Balaban J connectivity index is 1.55. The van der Waals surface area contributed by atoms with Crippen LogP contribution in [-0.2, 0) is 11.2 Å². The van der Waals surface area contributed by atoms with E-state index in [1.807, 2.05) is 35.0 Å². The molecule has 0 aliphatic heterocycles. The summed E-state index contributed by atoms with van der Waals surface area (Å²) in [6.07, 6.45) is 6.71. The van der Waals surface area contributed by atoms with E-state index in [2.05, 4.69) is 10.3 Å². The fraction of sp³-hybridized carbons (Fsp3) is 0.467. The second-order valence-electron chi connectivity index (χ2n) is 5.44. The molecule has 5 nitrogen and oxygen atoms in total. The summed E-state index contributed by atoms with van der Waals surface area (Å²) in [7, 11) is 0. The Bertz CT molecular complexity index is 575. The van der Waals surface area contributed by atoms with E-state index in [-0.39, 0.29) is 24.3 Å². The minimum Gasteiger partial charge on any atom is -0.393 e. The van der Waals surface area contributed by atoms with E-state index in [0.717, 1.165) is 30.6 Å². The van der Waals surface area contributed by atoms with Crippen molar-refractivity contribution in [2.24, 2.45) is 5.92 Å². The van der Waals surface area contributed by atoms with Gasteiger partial charge in [0.1, 0.15) is 5.65 Å². The molecule has 0 saturated heterocycles. The zero-order valence-electron chi connectivity index (χ0n) is 11.3. The molecule has 2 atom stereocenters. The first-order valence-corrected chi connectivity index (χ1v) is 7.10. The van der Waals surface area contributed by atoms with Gasteiger partial charge in [0.2, 0.25) is 5.91 Å². The lowest BCUT2D eigenvalue weighted by atomic mass is 10.1. The number of hydrogen-bond acceptors (Lipinski definition) is 3. The molecule has 0 radical (unpaired) electrons. The van der Waals surface area contributed by atoms with Gasteiger partial charge in [-0.2, -0.15) is 0 Å². The van der Waals surface area contributed by atoms with Crippen LogP contribution in [0.5, 0.6) is 0 Å². The number of hydrogen-bond donors (Lipinski definition) is 2. The van der Waals surface area contributed by atoms with Gasteiger partial charge in [0.15, 0.2) is 0 Å². The third-order valence-corrected chi connectivity index (χ3v) is 3.94. The third-order valence-electron chi connectivity index (χ3n) is 3.94. The molecular formula is C15H19N3O2. The van der Waals surface area contributed by atoms with E-state index in [4.69, 9.17) is 0 Å². The van der Waals surface area contributed by atoms with Crippen LogP contribution in [0.3, 0.4) is 0 Å². The van der Waals surface area contributed by atoms with Crippen molar-refractivity contribution >= 4 is 11.6 Å². The van der Waals surface area contributed by atoms with Gasteiger partial charge in [-0.1, -0.05) is 12.5 Å². The maximum Gasteiger partial charge on any atom is 0.226 e. The molecular weight excluding hydrogens is 254 g/mol. The number of aromatic nitrogens is 2. The molecule has 2 aromatic heterocycles. The fourth-order valence-corrected chi connectivity index (χ4v) is 2.80. The number of aliphatic hydroxyl groups is 1. The molecule has 0 spiro atoms. The second-order valence-corrected chi connectivity index (χ2v) is 5.44. The summed E-state index contributed by atoms with van der Waals surface area (Å²) < 4.78 is 1.91. The number of rotatable bonds is 4. The summed E-state index contributed by atoms with van der Waals surface area (Å²) in [5.74, 6) is 0.174. The van der Waals surface area contributed by atoms with Crippen LogP contribution in [0.1, 0.15) is 25.0 Å². The van der Waals surface area contributed by atoms with Gasteiger partial charge in [-0.25, -0.2) is 4.98 Å². The van der Waals surface area contributed by atoms with Gasteiger partial charge >= 0.3 is 0 Å². The van der Waals surface area contributed by atoms with E-state index >= 15 is 0 Å². The van der Waals surface area contributed by atoms with Crippen LogP contribution in [0.25, 0.3) is 5.65 Å². The van der Waals surface area contributed by atoms with Crippen molar-refractivity contribution in [1.82, 2.24) is 14.7 Å². The van der Waals surface area contributed by atoms with Gasteiger partial charge in [0, 0.05) is 24.9 Å². The highest BCUT2D eigenvalue weighted by molar-refractivity contribution is 5.78. The number of aliphatic hydroxyl groups excluding tert-OH is 1. The largest absolute Gasteiger partial charge is 0.393 e. The second kappa shape index (κ2) is 5.63. The highest BCUT2D eigenvalue weighted by atomic mass is 16.3. The molecule has 0 bridgehead atoms.